The summed E-state index contributed by atoms with van der Waals surface area (Å²) in [6.45, 7) is 3.40. The summed E-state index contributed by atoms with van der Waals surface area (Å²) in [7, 11) is 1.90. The molecule has 1 aliphatic heterocycles. The van der Waals surface area contributed by atoms with Gasteiger partial charge in [0.15, 0.2) is 0 Å². The van der Waals surface area contributed by atoms with Crippen LogP contribution in [0.3, 0.4) is 0 Å². The number of aromatic nitrogens is 2. The summed E-state index contributed by atoms with van der Waals surface area (Å²) in [6, 6.07) is 0.406. The van der Waals surface area contributed by atoms with Gasteiger partial charge in [0.1, 0.15) is 18.0 Å². The Hall–Kier alpha value is -1.36. The van der Waals surface area contributed by atoms with E-state index in [1.54, 1.807) is 6.33 Å². The van der Waals surface area contributed by atoms with Crippen LogP contribution >= 0.6 is 0 Å². The second kappa shape index (κ2) is 6.70. The first-order valence-electron chi connectivity index (χ1n) is 7.21. The third kappa shape index (κ3) is 2.97. The molecule has 0 aliphatic carbocycles. The molecule has 19 heavy (non-hydrogen) atoms. The van der Waals surface area contributed by atoms with Gasteiger partial charge in [-0.3, -0.25) is 0 Å². The summed E-state index contributed by atoms with van der Waals surface area (Å²) in [4.78, 5) is 11.2. The number of nitrogens with zero attached hydrogens (tertiary/aromatic N) is 3. The lowest BCUT2D eigenvalue weighted by Gasteiger charge is -2.37. The summed E-state index contributed by atoms with van der Waals surface area (Å²) in [6.07, 6.45) is 6.95. The third-order valence-electron chi connectivity index (χ3n) is 3.87. The summed E-state index contributed by atoms with van der Waals surface area (Å²) in [5.74, 6) is 1.96. The van der Waals surface area contributed by atoms with Gasteiger partial charge in [-0.25, -0.2) is 9.97 Å². The van der Waals surface area contributed by atoms with E-state index in [1.165, 1.54) is 18.4 Å². The monoisotopic (exact) mass is 264 g/mol. The van der Waals surface area contributed by atoms with Crippen LogP contribution < -0.4 is 10.2 Å². The Bertz CT molecular complexity index is 408. The average Bonchev–Trinajstić information content (AvgIpc) is 2.47. The molecule has 5 nitrogen and oxygen atoms in total. The zero-order valence-electron chi connectivity index (χ0n) is 11.9. The molecule has 1 saturated heterocycles. The SMILES string of the molecule is CCc1c(NC)ncnc1N1CCCCC1CCO. The topological polar surface area (TPSA) is 61.3 Å². The fraction of sp³-hybridized carbons (Fsp3) is 0.714. The van der Waals surface area contributed by atoms with E-state index >= 15 is 0 Å². The Kier molecular flexibility index (Phi) is 4.96. The van der Waals surface area contributed by atoms with Crippen molar-refractivity contribution in [3.8, 4) is 0 Å². The highest BCUT2D eigenvalue weighted by atomic mass is 16.3. The summed E-state index contributed by atoms with van der Waals surface area (Å²) < 4.78 is 0. The molecule has 0 aromatic carbocycles. The number of hydrogen-bond acceptors (Lipinski definition) is 5. The first kappa shape index (κ1) is 14.1. The Morgan fingerprint density at radius 2 is 2.26 bits per heavy atom. The van der Waals surface area contributed by atoms with E-state index in [-0.39, 0.29) is 6.61 Å². The van der Waals surface area contributed by atoms with Gasteiger partial charge in [-0.2, -0.15) is 0 Å². The van der Waals surface area contributed by atoms with Crippen LogP contribution in [-0.2, 0) is 6.42 Å². The second-order valence-corrected chi connectivity index (χ2v) is 4.98. The molecule has 1 unspecified atom stereocenters. The van der Waals surface area contributed by atoms with Crippen LogP contribution in [0.2, 0.25) is 0 Å². The molecule has 5 heteroatoms. The highest BCUT2D eigenvalue weighted by Gasteiger charge is 2.25. The Balaban J connectivity index is 2.32. The Morgan fingerprint density at radius 3 is 2.95 bits per heavy atom. The van der Waals surface area contributed by atoms with E-state index in [0.29, 0.717) is 6.04 Å². The molecule has 0 bridgehead atoms. The lowest BCUT2D eigenvalue weighted by Crippen LogP contribution is -2.41. The van der Waals surface area contributed by atoms with Gasteiger partial charge in [0, 0.05) is 31.8 Å². The Morgan fingerprint density at radius 1 is 1.42 bits per heavy atom. The molecule has 2 heterocycles. The van der Waals surface area contributed by atoms with Crippen molar-refractivity contribution in [1.29, 1.82) is 0 Å². The van der Waals surface area contributed by atoms with E-state index in [9.17, 15) is 5.11 Å². The maximum Gasteiger partial charge on any atom is 0.137 e. The first-order chi connectivity index (χ1) is 9.31. The predicted octanol–water partition coefficient (Wildman–Crippen LogP) is 1.82. The maximum atomic E-state index is 9.24. The normalized spacial score (nSPS) is 19.5. The van der Waals surface area contributed by atoms with Crippen molar-refractivity contribution in [2.24, 2.45) is 0 Å². The van der Waals surface area contributed by atoms with Gasteiger partial charge in [0.25, 0.3) is 0 Å². The predicted molar refractivity (Wildman–Crippen MR) is 77.6 cm³/mol. The standard InChI is InChI=1S/C14H24N4O/c1-3-12-13(15-2)16-10-17-14(12)18-8-5-4-6-11(18)7-9-19/h10-11,19H,3-9H2,1-2H3,(H,15,16,17). The van der Waals surface area contributed by atoms with Gasteiger partial charge in [-0.1, -0.05) is 6.92 Å². The molecular formula is C14H24N4O. The number of anilines is 2. The van der Waals surface area contributed by atoms with Crippen molar-refractivity contribution < 1.29 is 5.11 Å². The molecule has 1 aromatic heterocycles. The van der Waals surface area contributed by atoms with E-state index in [0.717, 1.165) is 37.4 Å². The summed E-state index contributed by atoms with van der Waals surface area (Å²) in [5, 5.41) is 12.4. The van der Waals surface area contributed by atoms with Crippen molar-refractivity contribution in [3.05, 3.63) is 11.9 Å². The molecule has 1 atom stereocenters. The molecule has 0 amide bonds. The fourth-order valence-corrected chi connectivity index (χ4v) is 2.92. The van der Waals surface area contributed by atoms with Crippen LogP contribution in [-0.4, -0.2) is 41.3 Å². The van der Waals surface area contributed by atoms with E-state index in [1.807, 2.05) is 7.05 Å². The number of aliphatic hydroxyl groups excluding tert-OH is 1. The molecule has 1 aliphatic rings. The smallest absolute Gasteiger partial charge is 0.137 e. The summed E-state index contributed by atoms with van der Waals surface area (Å²) in [5.41, 5.74) is 1.18. The molecule has 0 radical (unpaired) electrons. The first-order valence-corrected chi connectivity index (χ1v) is 7.21. The van der Waals surface area contributed by atoms with Crippen molar-refractivity contribution in [2.75, 3.05) is 30.4 Å². The average molecular weight is 264 g/mol. The van der Waals surface area contributed by atoms with Crippen molar-refractivity contribution in [3.63, 3.8) is 0 Å². The van der Waals surface area contributed by atoms with Gasteiger partial charge in [0.2, 0.25) is 0 Å². The molecule has 1 fully saturated rings. The third-order valence-corrected chi connectivity index (χ3v) is 3.87. The fourth-order valence-electron chi connectivity index (χ4n) is 2.92. The quantitative estimate of drug-likeness (QED) is 0.849. The van der Waals surface area contributed by atoms with E-state index in [2.05, 4.69) is 27.1 Å². The number of nitrogens with one attached hydrogen (secondary N) is 1. The zero-order valence-corrected chi connectivity index (χ0v) is 11.9. The van der Waals surface area contributed by atoms with Gasteiger partial charge in [-0.15, -0.1) is 0 Å². The molecule has 0 spiro atoms. The summed E-state index contributed by atoms with van der Waals surface area (Å²) >= 11 is 0. The van der Waals surface area contributed by atoms with Crippen molar-refractivity contribution >= 4 is 11.6 Å². The maximum absolute atomic E-state index is 9.24. The van der Waals surface area contributed by atoms with E-state index in [4.69, 9.17) is 0 Å². The van der Waals surface area contributed by atoms with Crippen LogP contribution in [0.15, 0.2) is 6.33 Å². The molecule has 106 valence electrons. The van der Waals surface area contributed by atoms with Crippen LogP contribution in [0.25, 0.3) is 0 Å². The minimum absolute atomic E-state index is 0.243. The number of hydrogen-bond donors (Lipinski definition) is 2. The lowest BCUT2D eigenvalue weighted by molar-refractivity contribution is 0.262. The van der Waals surface area contributed by atoms with Crippen LogP contribution in [0.1, 0.15) is 38.2 Å². The van der Waals surface area contributed by atoms with Crippen LogP contribution in [0.4, 0.5) is 11.6 Å². The number of aliphatic hydroxyl groups is 1. The van der Waals surface area contributed by atoms with Crippen molar-refractivity contribution in [2.45, 2.75) is 45.1 Å². The molecule has 2 rings (SSSR count). The molecular weight excluding hydrogens is 240 g/mol. The molecule has 2 N–H and O–H groups in total. The van der Waals surface area contributed by atoms with Gasteiger partial charge < -0.3 is 15.3 Å². The van der Waals surface area contributed by atoms with Gasteiger partial charge in [-0.05, 0) is 32.1 Å². The zero-order chi connectivity index (χ0) is 13.7. The Labute approximate surface area is 115 Å². The minimum atomic E-state index is 0.243. The largest absolute Gasteiger partial charge is 0.396 e. The number of rotatable bonds is 5. The van der Waals surface area contributed by atoms with Gasteiger partial charge >= 0.3 is 0 Å². The van der Waals surface area contributed by atoms with E-state index < -0.39 is 0 Å². The lowest BCUT2D eigenvalue weighted by atomic mass is 9.98. The minimum Gasteiger partial charge on any atom is -0.396 e. The second-order valence-electron chi connectivity index (χ2n) is 4.98. The molecule has 1 aromatic rings. The van der Waals surface area contributed by atoms with Crippen LogP contribution in [0.5, 0.6) is 0 Å². The van der Waals surface area contributed by atoms with Gasteiger partial charge in [0.05, 0.1) is 0 Å². The number of piperidine rings is 1. The van der Waals surface area contributed by atoms with Crippen LogP contribution in [0, 0.1) is 0 Å². The molecule has 0 saturated carbocycles. The highest BCUT2D eigenvalue weighted by molar-refractivity contribution is 5.59. The highest BCUT2D eigenvalue weighted by Crippen LogP contribution is 2.30. The van der Waals surface area contributed by atoms with Crippen molar-refractivity contribution in [1.82, 2.24) is 9.97 Å².